The molecular formula is C12H24O12. The Hall–Kier alpha value is -0.480. The van der Waals surface area contributed by atoms with Gasteiger partial charge in [-0.3, -0.25) is 0 Å². The molecule has 24 heavy (non-hydrogen) atoms. The summed E-state index contributed by atoms with van der Waals surface area (Å²) in [5.41, 5.74) is 0. The molecule has 0 aliphatic carbocycles. The van der Waals surface area contributed by atoms with E-state index in [0.29, 0.717) is 0 Å². The van der Waals surface area contributed by atoms with Crippen LogP contribution in [0.5, 0.6) is 0 Å². The van der Waals surface area contributed by atoms with E-state index in [1.165, 1.54) is 0 Å². The molecule has 144 valence electrons. The summed E-state index contributed by atoms with van der Waals surface area (Å²) in [4.78, 5) is 0. The van der Waals surface area contributed by atoms with Gasteiger partial charge in [0, 0.05) is 0 Å². The molecule has 0 bridgehead atoms. The summed E-state index contributed by atoms with van der Waals surface area (Å²) in [6.07, 6.45) is -15.6. The van der Waals surface area contributed by atoms with Crippen molar-refractivity contribution in [1.82, 2.24) is 0 Å². The van der Waals surface area contributed by atoms with Crippen LogP contribution in [0.25, 0.3) is 0 Å². The van der Waals surface area contributed by atoms with Gasteiger partial charge in [-0.05, 0) is 0 Å². The quantitative estimate of drug-likeness (QED) is 0.220. The van der Waals surface area contributed by atoms with Gasteiger partial charge in [0.25, 0.3) is 0 Å². The summed E-state index contributed by atoms with van der Waals surface area (Å²) >= 11 is 0. The molecule has 0 spiro atoms. The minimum Gasteiger partial charge on any atom is -0.412 e. The maximum absolute atomic E-state index is 9.94. The van der Waals surface area contributed by atoms with E-state index in [2.05, 4.69) is 0 Å². The highest BCUT2D eigenvalue weighted by Gasteiger charge is 2.50. The molecule has 2 rings (SSSR count). The van der Waals surface area contributed by atoms with Gasteiger partial charge >= 0.3 is 0 Å². The third kappa shape index (κ3) is 4.01. The van der Waals surface area contributed by atoms with Crippen molar-refractivity contribution in [2.45, 2.75) is 61.4 Å². The van der Waals surface area contributed by atoms with E-state index in [1.54, 1.807) is 0 Å². The summed E-state index contributed by atoms with van der Waals surface area (Å²) in [6.45, 7) is -1.35. The molecule has 0 amide bonds. The second-order valence-corrected chi connectivity index (χ2v) is 5.53. The number of rotatable bonds is 4. The minimum absolute atomic E-state index is 0. The average Bonchev–Trinajstić information content (AvgIpc) is 2.55. The molecule has 12 heteroatoms. The highest BCUT2D eigenvalue weighted by atomic mass is 16.8. The largest absolute Gasteiger partial charge is 0.412 e. The molecule has 2 aliphatic rings. The molecule has 10 atom stereocenters. The molecule has 0 saturated carbocycles. The number of aliphatic hydroxyl groups is 8. The van der Waals surface area contributed by atoms with Crippen molar-refractivity contribution in [2.75, 3.05) is 13.2 Å². The minimum atomic E-state index is -1.74. The molecule has 10 N–H and O–H groups in total. The third-order valence-corrected chi connectivity index (χ3v) is 3.98. The van der Waals surface area contributed by atoms with Gasteiger partial charge in [0.15, 0.2) is 12.6 Å². The van der Waals surface area contributed by atoms with Crippen molar-refractivity contribution in [2.24, 2.45) is 0 Å². The Morgan fingerprint density at radius 1 is 0.667 bits per heavy atom. The van der Waals surface area contributed by atoms with Crippen molar-refractivity contribution in [3.05, 3.63) is 0 Å². The van der Waals surface area contributed by atoms with Gasteiger partial charge in [-0.25, -0.2) is 0 Å². The fourth-order valence-electron chi connectivity index (χ4n) is 2.57. The predicted octanol–water partition coefficient (Wildman–Crippen LogP) is -6.22. The second kappa shape index (κ2) is 8.75. The van der Waals surface area contributed by atoms with Crippen molar-refractivity contribution in [3.8, 4) is 0 Å². The molecule has 2 aliphatic heterocycles. The first kappa shape index (κ1) is 21.6. The average molecular weight is 361 g/mol. The Morgan fingerprint density at radius 2 is 1.25 bits per heavy atom. The smallest absolute Gasteiger partial charge is 0.187 e. The van der Waals surface area contributed by atoms with Gasteiger partial charge in [-0.15, -0.1) is 0 Å². The topological polar surface area (TPSA) is 221 Å². The first-order chi connectivity index (χ1) is 10.8. The summed E-state index contributed by atoms with van der Waals surface area (Å²) in [5.74, 6) is 0. The van der Waals surface area contributed by atoms with Gasteiger partial charge in [-0.2, -0.15) is 0 Å². The molecule has 12 nitrogen and oxygen atoms in total. The van der Waals surface area contributed by atoms with Crippen LogP contribution in [0.15, 0.2) is 0 Å². The highest BCUT2D eigenvalue weighted by Crippen LogP contribution is 2.28. The Labute approximate surface area is 136 Å². The fourth-order valence-corrected chi connectivity index (χ4v) is 2.57. The zero-order valence-corrected chi connectivity index (χ0v) is 12.5. The lowest BCUT2D eigenvalue weighted by atomic mass is 9.98. The second-order valence-electron chi connectivity index (χ2n) is 5.53. The van der Waals surface area contributed by atoms with E-state index in [1.807, 2.05) is 0 Å². The van der Waals surface area contributed by atoms with Crippen LogP contribution in [0.3, 0.4) is 0 Å². The Kier molecular flexibility index (Phi) is 7.86. The van der Waals surface area contributed by atoms with E-state index >= 15 is 0 Å². The molecule has 0 unspecified atom stereocenters. The van der Waals surface area contributed by atoms with Crippen molar-refractivity contribution in [1.29, 1.82) is 0 Å². The molecule has 0 aromatic carbocycles. The highest BCUT2D eigenvalue weighted by molar-refractivity contribution is 4.93. The lowest BCUT2D eigenvalue weighted by Gasteiger charge is -2.45. The first-order valence-electron chi connectivity index (χ1n) is 7.08. The summed E-state index contributed by atoms with van der Waals surface area (Å²) < 4.78 is 15.3. The maximum atomic E-state index is 9.94. The van der Waals surface area contributed by atoms with Gasteiger partial charge in [0.05, 0.1) is 13.2 Å². The molecule has 2 fully saturated rings. The van der Waals surface area contributed by atoms with Crippen LogP contribution in [-0.4, -0.2) is 121 Å². The molecule has 2 saturated heterocycles. The molecule has 0 radical (unpaired) electrons. The van der Waals surface area contributed by atoms with Crippen LogP contribution < -0.4 is 0 Å². The summed E-state index contributed by atoms with van der Waals surface area (Å²) in [7, 11) is 0. The maximum Gasteiger partial charge on any atom is 0.187 e. The number of hydrogen-bond donors (Lipinski definition) is 8. The SMILES string of the molecule is O.OC[C@H]1O[C@@H](O[C@H]2[C@H](O)[C@@H](O)[13C@@H](O)O[C@@H]2CO)[C@H](O)[C@@H](O)[C@H]1O. The standard InChI is InChI=1S/C12H22O11.H2O/c13-1-3-5(15)6(16)9(19)12(22-3)23-10-4(2-14)21-11(20)8(18)7(10)17;/h3-20H,1-2H2;1H2/t3-,4-,5+,6+,7-,8-,9-,10-,11+,12+;/m1./s1/i11+1;. The fraction of sp³-hybridized carbons (Fsp3) is 1.00. The number of aliphatic hydroxyl groups excluding tert-OH is 8. The van der Waals surface area contributed by atoms with Crippen LogP contribution in [-0.2, 0) is 14.2 Å². The van der Waals surface area contributed by atoms with Crippen molar-refractivity contribution in [3.63, 3.8) is 0 Å². The normalized spacial score (nSPS) is 49.5. The zero-order valence-electron chi connectivity index (χ0n) is 12.5. The predicted molar refractivity (Wildman–Crippen MR) is 72.2 cm³/mol. The monoisotopic (exact) mass is 361 g/mol. The Balaban J connectivity index is 0.00000288. The van der Waals surface area contributed by atoms with Crippen LogP contribution >= 0.6 is 0 Å². The molecule has 0 aromatic rings. The zero-order chi connectivity index (χ0) is 17.3. The summed E-state index contributed by atoms with van der Waals surface area (Å²) in [5, 5.41) is 76.5. The summed E-state index contributed by atoms with van der Waals surface area (Å²) in [6, 6.07) is 0. The molecule has 2 heterocycles. The van der Waals surface area contributed by atoms with Crippen molar-refractivity contribution >= 4 is 0 Å². The Bertz CT molecular complexity index is 379. The lowest BCUT2D eigenvalue weighted by Crippen LogP contribution is -2.64. The van der Waals surface area contributed by atoms with Gasteiger partial charge in [-0.1, -0.05) is 0 Å². The molecular weight excluding hydrogens is 337 g/mol. The van der Waals surface area contributed by atoms with E-state index in [4.69, 9.17) is 19.3 Å². The number of hydrogen-bond acceptors (Lipinski definition) is 11. The van der Waals surface area contributed by atoms with E-state index in [9.17, 15) is 35.7 Å². The van der Waals surface area contributed by atoms with Crippen LogP contribution in [0.4, 0.5) is 0 Å². The number of ether oxygens (including phenoxy) is 3. The van der Waals surface area contributed by atoms with Crippen LogP contribution in [0.2, 0.25) is 0 Å². The van der Waals surface area contributed by atoms with E-state index < -0.39 is 74.6 Å². The van der Waals surface area contributed by atoms with E-state index in [-0.39, 0.29) is 5.48 Å². The Morgan fingerprint density at radius 3 is 1.79 bits per heavy atom. The van der Waals surface area contributed by atoms with Gasteiger partial charge in [0.2, 0.25) is 0 Å². The van der Waals surface area contributed by atoms with Crippen LogP contribution in [0.1, 0.15) is 0 Å². The van der Waals surface area contributed by atoms with E-state index in [0.717, 1.165) is 0 Å². The van der Waals surface area contributed by atoms with Gasteiger partial charge in [0.1, 0.15) is 48.8 Å². The first-order valence-corrected chi connectivity index (χ1v) is 7.08. The van der Waals surface area contributed by atoms with Crippen LogP contribution in [0, 0.1) is 0 Å². The van der Waals surface area contributed by atoms with Crippen molar-refractivity contribution < 1.29 is 60.5 Å². The molecule has 0 aromatic heterocycles. The lowest BCUT2D eigenvalue weighted by molar-refractivity contribution is -0.355. The van der Waals surface area contributed by atoms with Gasteiger partial charge < -0.3 is 60.5 Å². The third-order valence-electron chi connectivity index (χ3n) is 3.98.